The molecule has 8 heteroatoms. The van der Waals surface area contributed by atoms with E-state index in [0.29, 0.717) is 46.8 Å². The third kappa shape index (κ3) is 5.37. The standard InChI is InChI=1S/C33H36N4O4/c1-5-10-27-30(32(38)36(34-27)23-14-18-25(40-3)19-15-23)29(22-12-8-7-9-13-22)31-28(11-6-2)35-37(33(31)39)24-16-20-26(41-4)21-17-24/h7-9,12-21,29,34-35H,5-6,10-11H2,1-4H3. The maximum Gasteiger partial charge on any atom is 0.275 e. The van der Waals surface area contributed by atoms with Crippen LogP contribution in [0.25, 0.3) is 11.4 Å². The number of methoxy groups -OCH3 is 2. The molecule has 0 unspecified atom stereocenters. The van der Waals surface area contributed by atoms with Crippen LogP contribution in [0.1, 0.15) is 60.7 Å². The largest absolute Gasteiger partial charge is 0.497 e. The average Bonchev–Trinajstić information content (AvgIpc) is 3.50. The van der Waals surface area contributed by atoms with E-state index in [0.717, 1.165) is 29.8 Å². The van der Waals surface area contributed by atoms with Crippen LogP contribution in [-0.4, -0.2) is 33.8 Å². The zero-order chi connectivity index (χ0) is 28.9. The molecule has 0 amide bonds. The number of benzene rings is 3. The van der Waals surface area contributed by atoms with Crippen molar-refractivity contribution in [2.24, 2.45) is 0 Å². The van der Waals surface area contributed by atoms with Gasteiger partial charge in [-0.1, -0.05) is 57.0 Å². The summed E-state index contributed by atoms with van der Waals surface area (Å²) >= 11 is 0. The molecule has 212 valence electrons. The summed E-state index contributed by atoms with van der Waals surface area (Å²) in [7, 11) is 3.22. The van der Waals surface area contributed by atoms with Crippen molar-refractivity contribution in [1.29, 1.82) is 0 Å². The fourth-order valence-electron chi connectivity index (χ4n) is 5.42. The van der Waals surface area contributed by atoms with Gasteiger partial charge in [-0.05, 0) is 66.9 Å². The summed E-state index contributed by atoms with van der Waals surface area (Å²) in [6, 6.07) is 24.5. The molecule has 0 aliphatic rings. The average molecular weight is 553 g/mol. The molecular weight excluding hydrogens is 516 g/mol. The zero-order valence-electron chi connectivity index (χ0n) is 23.9. The SMILES string of the molecule is CCCc1[nH]n(-c2ccc(OC)cc2)c(=O)c1C(c1ccccc1)c1c(CCC)[nH]n(-c2ccc(OC)cc2)c1=O. The van der Waals surface area contributed by atoms with Gasteiger partial charge >= 0.3 is 0 Å². The summed E-state index contributed by atoms with van der Waals surface area (Å²) in [5, 5.41) is 6.75. The van der Waals surface area contributed by atoms with E-state index in [2.05, 4.69) is 24.0 Å². The Balaban J connectivity index is 1.77. The minimum atomic E-state index is -0.564. The summed E-state index contributed by atoms with van der Waals surface area (Å²) in [6.07, 6.45) is 3.00. The zero-order valence-corrected chi connectivity index (χ0v) is 23.9. The van der Waals surface area contributed by atoms with Crippen LogP contribution in [-0.2, 0) is 12.8 Å². The van der Waals surface area contributed by atoms with Gasteiger partial charge in [0.15, 0.2) is 0 Å². The third-order valence-corrected chi connectivity index (χ3v) is 7.38. The second kappa shape index (κ2) is 12.2. The molecule has 0 saturated heterocycles. The predicted molar refractivity (Wildman–Crippen MR) is 161 cm³/mol. The highest BCUT2D eigenvalue weighted by molar-refractivity contribution is 5.48. The highest BCUT2D eigenvalue weighted by Crippen LogP contribution is 2.33. The van der Waals surface area contributed by atoms with Crippen LogP contribution in [0.5, 0.6) is 11.5 Å². The van der Waals surface area contributed by atoms with Gasteiger partial charge in [-0.2, -0.15) is 0 Å². The molecule has 0 aliphatic carbocycles. The summed E-state index contributed by atoms with van der Waals surface area (Å²) in [5.74, 6) is 0.853. The van der Waals surface area contributed by atoms with Crippen molar-refractivity contribution in [3.63, 3.8) is 0 Å². The summed E-state index contributed by atoms with van der Waals surface area (Å²) in [6.45, 7) is 4.17. The molecule has 2 N–H and O–H groups in total. The molecule has 8 nitrogen and oxygen atoms in total. The summed E-state index contributed by atoms with van der Waals surface area (Å²) < 4.78 is 13.8. The molecule has 2 heterocycles. The number of hydrogen-bond donors (Lipinski definition) is 2. The van der Waals surface area contributed by atoms with E-state index < -0.39 is 5.92 Å². The van der Waals surface area contributed by atoms with E-state index in [1.165, 1.54) is 0 Å². The molecular formula is C33H36N4O4. The normalized spacial score (nSPS) is 11.2. The Morgan fingerprint density at radius 1 is 0.634 bits per heavy atom. The van der Waals surface area contributed by atoms with Crippen molar-refractivity contribution < 1.29 is 9.47 Å². The summed E-state index contributed by atoms with van der Waals surface area (Å²) in [5.41, 5.74) is 4.75. The predicted octanol–water partition coefficient (Wildman–Crippen LogP) is 5.75. The lowest BCUT2D eigenvalue weighted by Crippen LogP contribution is -2.25. The van der Waals surface area contributed by atoms with Gasteiger partial charge in [0, 0.05) is 17.3 Å². The molecule has 0 saturated carbocycles. The van der Waals surface area contributed by atoms with E-state index >= 15 is 0 Å². The molecule has 0 aliphatic heterocycles. The Hall–Kier alpha value is -4.72. The maximum absolute atomic E-state index is 14.3. The highest BCUT2D eigenvalue weighted by Gasteiger charge is 2.32. The second-order valence-electron chi connectivity index (χ2n) is 10.0. The molecule has 0 bridgehead atoms. The first-order valence-corrected chi connectivity index (χ1v) is 14.0. The Morgan fingerprint density at radius 3 is 1.41 bits per heavy atom. The Morgan fingerprint density at radius 2 is 1.05 bits per heavy atom. The molecule has 0 fully saturated rings. The van der Waals surface area contributed by atoms with Crippen molar-refractivity contribution in [3.05, 3.63) is 128 Å². The number of aromatic nitrogens is 4. The minimum absolute atomic E-state index is 0.175. The number of rotatable bonds is 11. The van der Waals surface area contributed by atoms with Crippen LogP contribution in [0.2, 0.25) is 0 Å². The first-order chi connectivity index (χ1) is 20.0. The monoisotopic (exact) mass is 552 g/mol. The van der Waals surface area contributed by atoms with E-state index in [-0.39, 0.29) is 11.1 Å². The number of hydrogen-bond acceptors (Lipinski definition) is 4. The number of aromatic amines is 2. The van der Waals surface area contributed by atoms with Crippen molar-refractivity contribution in [3.8, 4) is 22.9 Å². The number of nitrogens with zero attached hydrogens (tertiary/aromatic N) is 2. The fourth-order valence-corrected chi connectivity index (χ4v) is 5.42. The molecule has 41 heavy (non-hydrogen) atoms. The van der Waals surface area contributed by atoms with E-state index in [9.17, 15) is 9.59 Å². The van der Waals surface area contributed by atoms with Crippen molar-refractivity contribution in [1.82, 2.24) is 19.6 Å². The van der Waals surface area contributed by atoms with Gasteiger partial charge in [-0.25, -0.2) is 9.36 Å². The second-order valence-corrected chi connectivity index (χ2v) is 10.0. The number of aryl methyl sites for hydroxylation is 2. The van der Waals surface area contributed by atoms with Crippen LogP contribution >= 0.6 is 0 Å². The Bertz CT molecular complexity index is 1600. The van der Waals surface area contributed by atoms with Crippen LogP contribution in [0.3, 0.4) is 0 Å². The first kappa shape index (κ1) is 27.8. The van der Waals surface area contributed by atoms with E-state index in [4.69, 9.17) is 9.47 Å². The summed E-state index contributed by atoms with van der Waals surface area (Å²) in [4.78, 5) is 28.6. The van der Waals surface area contributed by atoms with Crippen LogP contribution in [0.4, 0.5) is 0 Å². The van der Waals surface area contributed by atoms with E-state index in [1.54, 1.807) is 23.6 Å². The maximum atomic E-state index is 14.3. The minimum Gasteiger partial charge on any atom is -0.497 e. The van der Waals surface area contributed by atoms with Crippen molar-refractivity contribution >= 4 is 0 Å². The molecule has 0 spiro atoms. The van der Waals surface area contributed by atoms with Gasteiger partial charge in [0.2, 0.25) is 0 Å². The lowest BCUT2D eigenvalue weighted by molar-refractivity contribution is 0.414. The van der Waals surface area contributed by atoms with Gasteiger partial charge < -0.3 is 9.47 Å². The van der Waals surface area contributed by atoms with Crippen molar-refractivity contribution in [2.75, 3.05) is 14.2 Å². The van der Waals surface area contributed by atoms with Crippen molar-refractivity contribution in [2.45, 2.75) is 45.4 Å². The number of ether oxygens (including phenoxy) is 2. The quantitative estimate of drug-likeness (QED) is 0.218. The molecule has 5 aromatic rings. The highest BCUT2D eigenvalue weighted by atomic mass is 16.5. The molecule has 5 rings (SSSR count). The Labute approximate surface area is 239 Å². The van der Waals surface area contributed by atoms with Gasteiger partial charge in [-0.15, -0.1) is 0 Å². The van der Waals surface area contributed by atoms with Crippen LogP contribution < -0.4 is 20.6 Å². The molecule has 2 aromatic heterocycles. The van der Waals surface area contributed by atoms with Crippen LogP contribution in [0, 0.1) is 0 Å². The molecule has 3 aromatic carbocycles. The number of nitrogens with one attached hydrogen (secondary N) is 2. The number of H-pyrrole nitrogens is 2. The topological polar surface area (TPSA) is 94.0 Å². The molecule has 0 atom stereocenters. The first-order valence-electron chi connectivity index (χ1n) is 14.0. The van der Waals surface area contributed by atoms with Gasteiger partial charge in [0.1, 0.15) is 11.5 Å². The third-order valence-electron chi connectivity index (χ3n) is 7.38. The lowest BCUT2D eigenvalue weighted by atomic mass is 9.84. The smallest absolute Gasteiger partial charge is 0.275 e. The Kier molecular flexibility index (Phi) is 8.29. The van der Waals surface area contributed by atoms with Gasteiger partial charge in [0.25, 0.3) is 11.1 Å². The van der Waals surface area contributed by atoms with Gasteiger partial charge in [-0.3, -0.25) is 19.8 Å². The molecule has 0 radical (unpaired) electrons. The van der Waals surface area contributed by atoms with Gasteiger partial charge in [0.05, 0.1) is 36.7 Å². The van der Waals surface area contributed by atoms with Crippen LogP contribution in [0.15, 0.2) is 88.5 Å². The fraction of sp³-hybridized carbons (Fsp3) is 0.273. The lowest BCUT2D eigenvalue weighted by Gasteiger charge is -2.17. The van der Waals surface area contributed by atoms with E-state index in [1.807, 2.05) is 78.9 Å².